The summed E-state index contributed by atoms with van der Waals surface area (Å²) in [7, 11) is -3.74. The van der Waals surface area contributed by atoms with E-state index < -0.39 is 28.5 Å². The predicted octanol–water partition coefficient (Wildman–Crippen LogP) is 3.90. The van der Waals surface area contributed by atoms with Crippen LogP contribution in [0, 0.1) is 9.49 Å². The molecule has 1 N–H and O–H groups in total. The first kappa shape index (κ1) is 27.4. The average Bonchev–Trinajstić information content (AvgIpc) is 2.74. The summed E-state index contributed by atoms with van der Waals surface area (Å²) < 4.78 is 27.0. The Bertz CT molecular complexity index is 1060. The minimum Gasteiger partial charge on any atom is -0.354 e. The molecule has 0 aromatic heterocycles. The van der Waals surface area contributed by atoms with Gasteiger partial charge in [-0.1, -0.05) is 37.6 Å². The van der Waals surface area contributed by atoms with Crippen molar-refractivity contribution < 1.29 is 18.0 Å². The minimum absolute atomic E-state index is 0.135. The molecule has 180 valence electrons. The van der Waals surface area contributed by atoms with E-state index in [0.29, 0.717) is 17.3 Å². The van der Waals surface area contributed by atoms with Crippen LogP contribution in [0.3, 0.4) is 0 Å². The van der Waals surface area contributed by atoms with Gasteiger partial charge in [-0.3, -0.25) is 13.9 Å². The number of carbonyl (C=O) groups excluding carboxylic acids is 2. The second-order valence-corrected chi connectivity index (χ2v) is 11.8. The van der Waals surface area contributed by atoms with Crippen molar-refractivity contribution in [1.82, 2.24) is 10.2 Å². The maximum Gasteiger partial charge on any atom is 0.244 e. The quantitative estimate of drug-likeness (QED) is 0.417. The zero-order valence-electron chi connectivity index (χ0n) is 19.1. The fourth-order valence-electron chi connectivity index (χ4n) is 3.04. The van der Waals surface area contributed by atoms with Crippen LogP contribution >= 0.6 is 34.2 Å². The average molecular weight is 606 g/mol. The molecule has 1 atom stereocenters. The van der Waals surface area contributed by atoms with Gasteiger partial charge in [-0.05, 0) is 77.4 Å². The number of hydrogen-bond acceptors (Lipinski definition) is 4. The molecule has 0 aliphatic carbocycles. The molecule has 33 heavy (non-hydrogen) atoms. The van der Waals surface area contributed by atoms with Crippen molar-refractivity contribution in [2.24, 2.45) is 5.92 Å². The first-order chi connectivity index (χ1) is 15.4. The van der Waals surface area contributed by atoms with E-state index in [-0.39, 0.29) is 18.4 Å². The number of nitrogens with zero attached hydrogens (tertiary/aromatic N) is 2. The third-order valence-corrected chi connectivity index (χ3v) is 7.02. The van der Waals surface area contributed by atoms with Crippen molar-refractivity contribution in [3.05, 3.63) is 62.7 Å². The Morgan fingerprint density at radius 2 is 1.61 bits per heavy atom. The lowest BCUT2D eigenvalue weighted by molar-refractivity contribution is -0.139. The smallest absolute Gasteiger partial charge is 0.244 e. The van der Waals surface area contributed by atoms with Crippen molar-refractivity contribution in [1.29, 1.82) is 0 Å². The SMILES string of the molecule is CC(C)CNC(=O)[C@@H](C)N(Cc1ccc(Cl)cc1)C(=O)CN(c1ccc(I)cc1)S(C)(=O)=O. The van der Waals surface area contributed by atoms with E-state index in [1.165, 1.54) is 4.90 Å². The molecule has 0 aliphatic heterocycles. The van der Waals surface area contributed by atoms with Gasteiger partial charge >= 0.3 is 0 Å². The summed E-state index contributed by atoms with van der Waals surface area (Å²) >= 11 is 8.10. The van der Waals surface area contributed by atoms with Gasteiger partial charge in [-0.25, -0.2) is 8.42 Å². The highest BCUT2D eigenvalue weighted by atomic mass is 127. The van der Waals surface area contributed by atoms with Gasteiger partial charge in [0.25, 0.3) is 0 Å². The lowest BCUT2D eigenvalue weighted by atomic mass is 10.1. The van der Waals surface area contributed by atoms with Crippen molar-refractivity contribution >= 4 is 61.7 Å². The molecule has 0 saturated heterocycles. The van der Waals surface area contributed by atoms with Crippen LogP contribution in [-0.2, 0) is 26.2 Å². The van der Waals surface area contributed by atoms with Gasteiger partial charge in [0.05, 0.1) is 11.9 Å². The number of hydrogen-bond donors (Lipinski definition) is 1. The Hall–Kier alpha value is -1.85. The molecule has 2 aromatic rings. The van der Waals surface area contributed by atoms with Crippen LogP contribution in [-0.4, -0.2) is 50.5 Å². The molecule has 2 aromatic carbocycles. The molecule has 0 unspecified atom stereocenters. The molecule has 7 nitrogen and oxygen atoms in total. The number of sulfonamides is 1. The van der Waals surface area contributed by atoms with Crippen molar-refractivity contribution in [2.75, 3.05) is 23.7 Å². The van der Waals surface area contributed by atoms with Crippen molar-refractivity contribution in [3.8, 4) is 0 Å². The third kappa shape index (κ3) is 8.46. The lowest BCUT2D eigenvalue weighted by Crippen LogP contribution is -2.51. The minimum atomic E-state index is -3.74. The normalized spacial score (nSPS) is 12.3. The van der Waals surface area contributed by atoms with Crippen LogP contribution in [0.4, 0.5) is 5.69 Å². The van der Waals surface area contributed by atoms with Gasteiger partial charge < -0.3 is 10.2 Å². The second kappa shape index (κ2) is 12.0. The number of nitrogens with one attached hydrogen (secondary N) is 1. The van der Waals surface area contributed by atoms with Crippen LogP contribution in [0.1, 0.15) is 26.3 Å². The predicted molar refractivity (Wildman–Crippen MR) is 141 cm³/mol. The van der Waals surface area contributed by atoms with E-state index in [1.54, 1.807) is 55.5 Å². The van der Waals surface area contributed by atoms with Crippen LogP contribution in [0.15, 0.2) is 48.5 Å². The molecule has 0 saturated carbocycles. The first-order valence-electron chi connectivity index (χ1n) is 10.4. The molecule has 0 radical (unpaired) electrons. The molecule has 10 heteroatoms. The van der Waals surface area contributed by atoms with E-state index in [0.717, 1.165) is 19.7 Å². The fraction of sp³-hybridized carbons (Fsp3) is 0.391. The Morgan fingerprint density at radius 3 is 2.12 bits per heavy atom. The first-order valence-corrected chi connectivity index (χ1v) is 13.7. The molecule has 0 heterocycles. The Labute approximate surface area is 214 Å². The summed E-state index contributed by atoms with van der Waals surface area (Å²) in [6.45, 7) is 5.79. The second-order valence-electron chi connectivity index (χ2n) is 8.21. The van der Waals surface area contributed by atoms with Gasteiger partial charge in [-0.2, -0.15) is 0 Å². The van der Waals surface area contributed by atoms with Gasteiger partial charge in [0, 0.05) is 21.7 Å². The van der Waals surface area contributed by atoms with Crippen LogP contribution in [0.5, 0.6) is 0 Å². The number of amides is 2. The summed E-state index contributed by atoms with van der Waals surface area (Å²) in [5.41, 5.74) is 1.16. The Kier molecular flexibility index (Phi) is 9.99. The van der Waals surface area contributed by atoms with Crippen LogP contribution in [0.2, 0.25) is 5.02 Å². The summed E-state index contributed by atoms with van der Waals surface area (Å²) in [5, 5.41) is 3.40. The van der Waals surface area contributed by atoms with E-state index in [1.807, 2.05) is 13.8 Å². The molecule has 0 bridgehead atoms. The summed E-state index contributed by atoms with van der Waals surface area (Å²) in [4.78, 5) is 27.6. The van der Waals surface area contributed by atoms with Crippen LogP contribution in [0.25, 0.3) is 0 Å². The number of carbonyl (C=O) groups is 2. The highest BCUT2D eigenvalue weighted by Crippen LogP contribution is 2.21. The zero-order chi connectivity index (χ0) is 24.8. The lowest BCUT2D eigenvalue weighted by Gasteiger charge is -2.31. The molecular weight excluding hydrogens is 577 g/mol. The molecule has 0 aliphatic rings. The zero-order valence-corrected chi connectivity index (χ0v) is 22.8. The molecular formula is C23H29ClIN3O4S. The molecule has 2 rings (SSSR count). The third-order valence-electron chi connectivity index (χ3n) is 4.91. The summed E-state index contributed by atoms with van der Waals surface area (Å²) in [5.74, 6) is -0.532. The summed E-state index contributed by atoms with van der Waals surface area (Å²) in [6, 6.07) is 13.0. The van der Waals surface area contributed by atoms with Gasteiger partial charge in [-0.15, -0.1) is 0 Å². The summed E-state index contributed by atoms with van der Waals surface area (Å²) in [6.07, 6.45) is 1.06. The van der Waals surface area contributed by atoms with E-state index in [2.05, 4.69) is 27.9 Å². The number of halogens is 2. The largest absolute Gasteiger partial charge is 0.354 e. The highest BCUT2D eigenvalue weighted by Gasteiger charge is 2.30. The van der Waals surface area contributed by atoms with Gasteiger partial charge in [0.2, 0.25) is 21.8 Å². The molecule has 0 spiro atoms. The number of rotatable bonds is 10. The maximum atomic E-state index is 13.4. The van der Waals surface area contributed by atoms with E-state index in [9.17, 15) is 18.0 Å². The Balaban J connectivity index is 2.34. The number of anilines is 1. The standard InChI is InChI=1S/C23H29ClIN3O4S/c1-16(2)13-26-23(30)17(3)27(14-18-5-7-19(24)8-6-18)22(29)15-28(33(4,31)32)21-11-9-20(25)10-12-21/h5-12,16-17H,13-15H2,1-4H3,(H,26,30)/t17-/m1/s1. The monoisotopic (exact) mass is 605 g/mol. The Morgan fingerprint density at radius 1 is 1.03 bits per heavy atom. The fourth-order valence-corrected chi connectivity index (χ4v) is 4.38. The highest BCUT2D eigenvalue weighted by molar-refractivity contribution is 14.1. The molecule has 0 fully saturated rings. The van der Waals surface area contributed by atoms with E-state index >= 15 is 0 Å². The maximum absolute atomic E-state index is 13.4. The van der Waals surface area contributed by atoms with Crippen molar-refractivity contribution in [3.63, 3.8) is 0 Å². The van der Waals surface area contributed by atoms with Gasteiger partial charge in [0.1, 0.15) is 12.6 Å². The number of benzene rings is 2. The van der Waals surface area contributed by atoms with Gasteiger partial charge in [0.15, 0.2) is 0 Å². The molecule has 2 amide bonds. The van der Waals surface area contributed by atoms with Crippen molar-refractivity contribution in [2.45, 2.75) is 33.4 Å². The van der Waals surface area contributed by atoms with Crippen LogP contribution < -0.4 is 9.62 Å². The van der Waals surface area contributed by atoms with E-state index in [4.69, 9.17) is 11.6 Å². The topological polar surface area (TPSA) is 86.8 Å².